The average molecular weight is 479 g/mol. The van der Waals surface area contributed by atoms with E-state index >= 15 is 0 Å². The van der Waals surface area contributed by atoms with Gasteiger partial charge in [-0.25, -0.2) is 13.2 Å². The fraction of sp³-hybridized carbons (Fsp3) is 0.478. The number of carbonyl (C=O) groups excluding carboxylic acids is 2. The average Bonchev–Trinajstić information content (AvgIpc) is 2.93. The molecule has 1 aromatic carbocycles. The Kier molecular flexibility index (Phi) is 7.74. The number of thiophene rings is 1. The maximum absolute atomic E-state index is 13.3. The second-order valence-corrected chi connectivity index (χ2v) is 11.1. The summed E-state index contributed by atoms with van der Waals surface area (Å²) >= 11 is 1.30. The molecule has 0 atom stereocenters. The third-order valence-electron chi connectivity index (χ3n) is 5.73. The van der Waals surface area contributed by atoms with Crippen LogP contribution in [0.3, 0.4) is 0 Å². The Morgan fingerprint density at radius 1 is 1.09 bits per heavy atom. The van der Waals surface area contributed by atoms with Crippen LogP contribution in [-0.4, -0.2) is 44.3 Å². The number of rotatable bonds is 6. The highest BCUT2D eigenvalue weighted by Gasteiger charge is 2.28. The Balaban J connectivity index is 1.91. The summed E-state index contributed by atoms with van der Waals surface area (Å²) in [4.78, 5) is 26.5. The van der Waals surface area contributed by atoms with Crippen molar-refractivity contribution >= 4 is 38.2 Å². The number of hydrogen-bond donors (Lipinski definition) is 1. The van der Waals surface area contributed by atoms with Crippen molar-refractivity contribution in [2.75, 3.05) is 25.0 Å². The summed E-state index contributed by atoms with van der Waals surface area (Å²) < 4.78 is 33.2. The standard InChI is InChI=1S/C23H30N2O5S2/c1-5-30-23(27)20-16(3)17(4)31-22(20)24-21(26)18-11-10-15(2)19(14-18)32(28,29)25-12-8-6-7-9-13-25/h10-11,14H,5-9,12-13H2,1-4H3,(H,24,26). The number of carbonyl (C=O) groups is 2. The first-order valence-corrected chi connectivity index (χ1v) is 13.1. The Hall–Kier alpha value is -2.23. The lowest BCUT2D eigenvalue weighted by atomic mass is 10.1. The van der Waals surface area contributed by atoms with E-state index in [0.717, 1.165) is 36.1 Å². The van der Waals surface area contributed by atoms with Gasteiger partial charge in [-0.15, -0.1) is 11.3 Å². The fourth-order valence-corrected chi connectivity index (χ4v) is 6.59. The predicted octanol–water partition coefficient (Wildman–Crippen LogP) is 4.67. The molecule has 2 aromatic rings. The normalized spacial score (nSPS) is 15.2. The van der Waals surface area contributed by atoms with Crippen LogP contribution in [0, 0.1) is 20.8 Å². The molecule has 0 aliphatic carbocycles. The number of nitrogens with zero attached hydrogens (tertiary/aromatic N) is 1. The number of benzene rings is 1. The molecule has 174 valence electrons. The summed E-state index contributed by atoms with van der Waals surface area (Å²) in [6, 6.07) is 4.68. The SMILES string of the molecule is CCOC(=O)c1c(NC(=O)c2ccc(C)c(S(=O)(=O)N3CCCCCC3)c2)sc(C)c1C. The van der Waals surface area contributed by atoms with Gasteiger partial charge in [-0.3, -0.25) is 4.79 Å². The van der Waals surface area contributed by atoms with Gasteiger partial charge in [0.25, 0.3) is 5.91 Å². The number of esters is 1. The minimum Gasteiger partial charge on any atom is -0.462 e. The summed E-state index contributed by atoms with van der Waals surface area (Å²) in [6.07, 6.45) is 3.73. The van der Waals surface area contributed by atoms with Crippen molar-refractivity contribution in [2.45, 2.75) is 58.3 Å². The van der Waals surface area contributed by atoms with E-state index in [9.17, 15) is 18.0 Å². The third-order valence-corrected chi connectivity index (χ3v) is 8.89. The molecule has 7 nitrogen and oxygen atoms in total. The fourth-order valence-electron chi connectivity index (χ4n) is 3.78. The maximum atomic E-state index is 13.3. The molecule has 1 aliphatic rings. The molecule has 32 heavy (non-hydrogen) atoms. The monoisotopic (exact) mass is 478 g/mol. The zero-order valence-corrected chi connectivity index (χ0v) is 20.6. The van der Waals surface area contributed by atoms with E-state index in [1.807, 2.05) is 13.8 Å². The van der Waals surface area contributed by atoms with Crippen molar-refractivity contribution in [2.24, 2.45) is 0 Å². The van der Waals surface area contributed by atoms with Crippen LogP contribution in [-0.2, 0) is 14.8 Å². The Morgan fingerprint density at radius 2 is 1.75 bits per heavy atom. The zero-order valence-electron chi connectivity index (χ0n) is 19.0. The second kappa shape index (κ2) is 10.1. The molecule has 3 rings (SSSR count). The van der Waals surface area contributed by atoms with Crippen molar-refractivity contribution < 1.29 is 22.7 Å². The molecule has 1 saturated heterocycles. The first kappa shape index (κ1) is 24.4. The first-order valence-electron chi connectivity index (χ1n) is 10.9. The minimum atomic E-state index is -3.69. The highest BCUT2D eigenvalue weighted by atomic mass is 32.2. The summed E-state index contributed by atoms with van der Waals surface area (Å²) in [7, 11) is -3.69. The third kappa shape index (κ3) is 5.05. The summed E-state index contributed by atoms with van der Waals surface area (Å²) in [6.45, 7) is 8.36. The van der Waals surface area contributed by atoms with Crippen LogP contribution in [0.5, 0.6) is 0 Å². The van der Waals surface area contributed by atoms with Gasteiger partial charge in [0.2, 0.25) is 10.0 Å². The lowest BCUT2D eigenvalue weighted by Gasteiger charge is -2.21. The number of sulfonamides is 1. The largest absolute Gasteiger partial charge is 0.462 e. The summed E-state index contributed by atoms with van der Waals surface area (Å²) in [5, 5.41) is 3.19. The van der Waals surface area contributed by atoms with Crippen molar-refractivity contribution in [3.8, 4) is 0 Å². The van der Waals surface area contributed by atoms with E-state index in [0.29, 0.717) is 29.2 Å². The Labute approximate surface area is 193 Å². The molecule has 1 amide bonds. The van der Waals surface area contributed by atoms with Crippen LogP contribution in [0.15, 0.2) is 23.1 Å². The van der Waals surface area contributed by atoms with Gasteiger partial charge >= 0.3 is 5.97 Å². The van der Waals surface area contributed by atoms with E-state index in [2.05, 4.69) is 5.32 Å². The van der Waals surface area contributed by atoms with Crippen LogP contribution in [0.1, 0.15) is 69.3 Å². The van der Waals surface area contributed by atoms with Crippen LogP contribution in [0.25, 0.3) is 0 Å². The Morgan fingerprint density at radius 3 is 2.38 bits per heavy atom. The lowest BCUT2D eigenvalue weighted by Crippen LogP contribution is -2.32. The molecule has 1 aliphatic heterocycles. The van der Waals surface area contributed by atoms with Gasteiger partial charge in [0.05, 0.1) is 17.1 Å². The number of amides is 1. The number of aryl methyl sites for hydroxylation is 2. The van der Waals surface area contributed by atoms with Crippen LogP contribution >= 0.6 is 11.3 Å². The zero-order chi connectivity index (χ0) is 23.5. The number of anilines is 1. The van der Waals surface area contributed by atoms with E-state index in [1.54, 1.807) is 26.0 Å². The van der Waals surface area contributed by atoms with Crippen molar-refractivity contribution in [3.63, 3.8) is 0 Å². The van der Waals surface area contributed by atoms with Gasteiger partial charge in [0.1, 0.15) is 5.00 Å². The van der Waals surface area contributed by atoms with Crippen molar-refractivity contribution in [1.29, 1.82) is 0 Å². The number of hydrogen-bond acceptors (Lipinski definition) is 6. The van der Waals surface area contributed by atoms with Crippen LogP contribution < -0.4 is 5.32 Å². The lowest BCUT2D eigenvalue weighted by molar-refractivity contribution is 0.0527. The molecule has 0 radical (unpaired) electrons. The molecular weight excluding hydrogens is 448 g/mol. The molecule has 9 heteroatoms. The molecule has 2 heterocycles. The molecule has 1 N–H and O–H groups in total. The smallest absolute Gasteiger partial charge is 0.341 e. The van der Waals surface area contributed by atoms with Crippen LogP contribution in [0.4, 0.5) is 5.00 Å². The van der Waals surface area contributed by atoms with Gasteiger partial charge in [0.15, 0.2) is 0 Å². The quantitative estimate of drug-likeness (QED) is 0.609. The predicted molar refractivity (Wildman–Crippen MR) is 126 cm³/mol. The van der Waals surface area contributed by atoms with E-state index < -0.39 is 21.9 Å². The first-order chi connectivity index (χ1) is 15.2. The van der Waals surface area contributed by atoms with E-state index in [-0.39, 0.29) is 17.1 Å². The van der Waals surface area contributed by atoms with Gasteiger partial charge in [-0.1, -0.05) is 18.9 Å². The topological polar surface area (TPSA) is 92.8 Å². The molecular formula is C23H30N2O5S2. The Bertz CT molecular complexity index is 1110. The molecule has 1 aromatic heterocycles. The second-order valence-electron chi connectivity index (χ2n) is 7.96. The van der Waals surface area contributed by atoms with Crippen molar-refractivity contribution in [3.05, 3.63) is 45.3 Å². The van der Waals surface area contributed by atoms with Crippen LogP contribution in [0.2, 0.25) is 0 Å². The highest BCUT2D eigenvalue weighted by molar-refractivity contribution is 7.89. The summed E-state index contributed by atoms with van der Waals surface area (Å²) in [5.74, 6) is -0.956. The van der Waals surface area contributed by atoms with Gasteiger partial charge < -0.3 is 10.1 Å². The molecule has 0 bridgehead atoms. The van der Waals surface area contributed by atoms with E-state index in [4.69, 9.17) is 4.74 Å². The van der Waals surface area contributed by atoms with Crippen molar-refractivity contribution in [1.82, 2.24) is 4.31 Å². The number of nitrogens with one attached hydrogen (secondary N) is 1. The molecule has 0 unspecified atom stereocenters. The molecule has 0 spiro atoms. The number of ether oxygens (including phenoxy) is 1. The highest BCUT2D eigenvalue weighted by Crippen LogP contribution is 2.33. The molecule has 0 saturated carbocycles. The maximum Gasteiger partial charge on any atom is 0.341 e. The summed E-state index contributed by atoms with van der Waals surface area (Å²) in [5.41, 5.74) is 1.92. The van der Waals surface area contributed by atoms with Gasteiger partial charge in [-0.2, -0.15) is 4.31 Å². The minimum absolute atomic E-state index is 0.149. The van der Waals surface area contributed by atoms with Gasteiger partial charge in [-0.05, 0) is 63.8 Å². The van der Waals surface area contributed by atoms with Gasteiger partial charge in [0, 0.05) is 23.5 Å². The van der Waals surface area contributed by atoms with E-state index in [1.165, 1.54) is 21.7 Å². The molecule has 1 fully saturated rings.